The third-order valence-electron chi connectivity index (χ3n) is 4.07. The minimum atomic E-state index is -0.473. The molecule has 0 aliphatic carbocycles. The van der Waals surface area contributed by atoms with Gasteiger partial charge < -0.3 is 14.6 Å². The molecule has 0 bridgehead atoms. The second kappa shape index (κ2) is 6.85. The minimum Gasteiger partial charge on any atom is -0.390 e. The molecule has 18 heavy (non-hydrogen) atoms. The second-order valence-electron chi connectivity index (χ2n) is 5.81. The van der Waals surface area contributed by atoms with Gasteiger partial charge in [-0.25, -0.2) is 0 Å². The van der Waals surface area contributed by atoms with Gasteiger partial charge in [0.25, 0.3) is 0 Å². The Labute approximate surface area is 111 Å². The van der Waals surface area contributed by atoms with E-state index in [0.29, 0.717) is 12.1 Å². The van der Waals surface area contributed by atoms with E-state index in [4.69, 9.17) is 9.47 Å². The Hall–Kier alpha value is -0.160. The molecule has 3 atom stereocenters. The number of methoxy groups -OCH3 is 1. The Morgan fingerprint density at radius 2 is 2.17 bits per heavy atom. The number of morpholine rings is 1. The fourth-order valence-corrected chi connectivity index (χ4v) is 2.33. The number of hydrogen-bond acceptors (Lipinski definition) is 4. The van der Waals surface area contributed by atoms with Gasteiger partial charge in [0.15, 0.2) is 0 Å². The molecule has 4 heteroatoms. The van der Waals surface area contributed by atoms with Crippen LogP contribution < -0.4 is 0 Å². The molecule has 0 aromatic rings. The summed E-state index contributed by atoms with van der Waals surface area (Å²) in [5.74, 6) is 0. The van der Waals surface area contributed by atoms with E-state index in [-0.39, 0.29) is 0 Å². The first-order valence-electron chi connectivity index (χ1n) is 6.99. The molecule has 4 nitrogen and oxygen atoms in total. The van der Waals surface area contributed by atoms with Crippen molar-refractivity contribution in [3.63, 3.8) is 0 Å². The van der Waals surface area contributed by atoms with E-state index in [9.17, 15) is 5.11 Å². The smallest absolute Gasteiger partial charge is 0.0880 e. The van der Waals surface area contributed by atoms with Gasteiger partial charge in [-0.05, 0) is 33.6 Å². The van der Waals surface area contributed by atoms with Crippen LogP contribution in [-0.4, -0.2) is 60.7 Å². The van der Waals surface area contributed by atoms with E-state index in [1.54, 1.807) is 7.11 Å². The van der Waals surface area contributed by atoms with Crippen LogP contribution in [0.4, 0.5) is 0 Å². The summed E-state index contributed by atoms with van der Waals surface area (Å²) in [5, 5.41) is 10.1. The van der Waals surface area contributed by atoms with Crippen molar-refractivity contribution < 1.29 is 14.6 Å². The van der Waals surface area contributed by atoms with Gasteiger partial charge in [0.1, 0.15) is 0 Å². The maximum atomic E-state index is 10.1. The number of hydrogen-bond donors (Lipinski definition) is 1. The Morgan fingerprint density at radius 3 is 2.72 bits per heavy atom. The Kier molecular flexibility index (Phi) is 6.05. The van der Waals surface area contributed by atoms with Crippen LogP contribution in [0.3, 0.4) is 0 Å². The van der Waals surface area contributed by atoms with Crippen molar-refractivity contribution >= 4 is 0 Å². The van der Waals surface area contributed by atoms with Gasteiger partial charge in [0.05, 0.1) is 24.4 Å². The van der Waals surface area contributed by atoms with Crippen LogP contribution in [0.5, 0.6) is 0 Å². The summed E-state index contributed by atoms with van der Waals surface area (Å²) in [6.45, 7) is 10.8. The molecule has 1 saturated heterocycles. The minimum absolute atomic E-state index is 0.292. The van der Waals surface area contributed by atoms with Crippen molar-refractivity contribution in [3.05, 3.63) is 0 Å². The second-order valence-corrected chi connectivity index (χ2v) is 5.81. The molecule has 0 aromatic carbocycles. The summed E-state index contributed by atoms with van der Waals surface area (Å²) >= 11 is 0. The van der Waals surface area contributed by atoms with E-state index < -0.39 is 11.7 Å². The SMILES string of the molecule is CCC1COC(C)CN1CCC(O)C(C)(C)OC. The molecule has 3 unspecified atom stereocenters. The number of nitrogens with zero attached hydrogens (tertiary/aromatic N) is 1. The molecule has 1 fully saturated rings. The van der Waals surface area contributed by atoms with Crippen LogP contribution in [0.25, 0.3) is 0 Å². The number of aliphatic hydroxyl groups is 1. The number of aliphatic hydroxyl groups excluding tert-OH is 1. The fraction of sp³-hybridized carbons (Fsp3) is 1.00. The van der Waals surface area contributed by atoms with Crippen molar-refractivity contribution in [1.29, 1.82) is 0 Å². The molecule has 1 rings (SSSR count). The van der Waals surface area contributed by atoms with Crippen LogP contribution in [0, 0.1) is 0 Å². The highest BCUT2D eigenvalue weighted by molar-refractivity contribution is 4.83. The predicted octanol–water partition coefficient (Wildman–Crippen LogP) is 1.66. The van der Waals surface area contributed by atoms with Gasteiger partial charge >= 0.3 is 0 Å². The topological polar surface area (TPSA) is 41.9 Å². The van der Waals surface area contributed by atoms with Gasteiger partial charge in [-0.2, -0.15) is 0 Å². The summed E-state index contributed by atoms with van der Waals surface area (Å²) in [6, 6.07) is 0.485. The normalized spacial score (nSPS) is 28.3. The maximum absolute atomic E-state index is 10.1. The van der Waals surface area contributed by atoms with Crippen LogP contribution >= 0.6 is 0 Å². The van der Waals surface area contributed by atoms with Crippen molar-refractivity contribution in [1.82, 2.24) is 4.90 Å². The molecule has 1 aliphatic rings. The van der Waals surface area contributed by atoms with Crippen LogP contribution in [-0.2, 0) is 9.47 Å². The van der Waals surface area contributed by atoms with E-state index in [1.807, 2.05) is 13.8 Å². The van der Waals surface area contributed by atoms with E-state index in [1.165, 1.54) is 0 Å². The molecule has 0 radical (unpaired) electrons. The lowest BCUT2D eigenvalue weighted by atomic mass is 9.98. The summed E-state index contributed by atoms with van der Waals surface area (Å²) in [4.78, 5) is 2.43. The summed E-state index contributed by atoms with van der Waals surface area (Å²) in [7, 11) is 1.65. The van der Waals surface area contributed by atoms with Gasteiger partial charge in [-0.1, -0.05) is 6.92 Å². The molecular weight excluding hydrogens is 230 g/mol. The highest BCUT2D eigenvalue weighted by Crippen LogP contribution is 2.19. The lowest BCUT2D eigenvalue weighted by Gasteiger charge is -2.39. The Bertz CT molecular complexity index is 245. The monoisotopic (exact) mass is 259 g/mol. The highest BCUT2D eigenvalue weighted by atomic mass is 16.5. The van der Waals surface area contributed by atoms with Crippen LogP contribution in [0.15, 0.2) is 0 Å². The lowest BCUT2D eigenvalue weighted by Crippen LogP contribution is -2.50. The average molecular weight is 259 g/mol. The molecule has 0 saturated carbocycles. The zero-order chi connectivity index (χ0) is 13.8. The first-order chi connectivity index (χ1) is 8.40. The van der Waals surface area contributed by atoms with Crippen LogP contribution in [0.1, 0.15) is 40.5 Å². The number of ether oxygens (including phenoxy) is 2. The summed E-state index contributed by atoms with van der Waals surface area (Å²) in [6.07, 6.45) is 1.69. The molecule has 1 aliphatic heterocycles. The van der Waals surface area contributed by atoms with E-state index in [0.717, 1.165) is 32.5 Å². The lowest BCUT2D eigenvalue weighted by molar-refractivity contribution is -0.0934. The Balaban J connectivity index is 2.45. The molecule has 0 aromatic heterocycles. The molecule has 1 N–H and O–H groups in total. The van der Waals surface area contributed by atoms with Crippen molar-refractivity contribution in [2.75, 3.05) is 26.8 Å². The van der Waals surface area contributed by atoms with E-state index >= 15 is 0 Å². The first kappa shape index (κ1) is 15.9. The zero-order valence-corrected chi connectivity index (χ0v) is 12.5. The maximum Gasteiger partial charge on any atom is 0.0880 e. The fourth-order valence-electron chi connectivity index (χ4n) is 2.33. The summed E-state index contributed by atoms with van der Waals surface area (Å²) in [5.41, 5.74) is -0.473. The van der Waals surface area contributed by atoms with Crippen molar-refractivity contribution in [2.45, 2.75) is 64.4 Å². The largest absolute Gasteiger partial charge is 0.390 e. The average Bonchev–Trinajstić information content (AvgIpc) is 2.36. The Morgan fingerprint density at radius 1 is 1.50 bits per heavy atom. The van der Waals surface area contributed by atoms with Gasteiger partial charge in [-0.15, -0.1) is 0 Å². The molecule has 0 amide bonds. The van der Waals surface area contributed by atoms with Gasteiger partial charge in [0.2, 0.25) is 0 Å². The quantitative estimate of drug-likeness (QED) is 0.788. The van der Waals surface area contributed by atoms with Crippen molar-refractivity contribution in [3.8, 4) is 0 Å². The third-order valence-corrected chi connectivity index (χ3v) is 4.07. The molecule has 108 valence electrons. The van der Waals surface area contributed by atoms with E-state index in [2.05, 4.69) is 18.7 Å². The third kappa shape index (κ3) is 4.19. The zero-order valence-electron chi connectivity index (χ0n) is 12.5. The first-order valence-corrected chi connectivity index (χ1v) is 6.99. The van der Waals surface area contributed by atoms with Gasteiger partial charge in [0, 0.05) is 26.2 Å². The standard InChI is InChI=1S/C14H29NO3/c1-6-12-10-18-11(2)9-15(12)8-7-13(16)14(3,4)17-5/h11-13,16H,6-10H2,1-5H3. The highest BCUT2D eigenvalue weighted by Gasteiger charge is 2.30. The van der Waals surface area contributed by atoms with Crippen LogP contribution in [0.2, 0.25) is 0 Å². The van der Waals surface area contributed by atoms with Crippen molar-refractivity contribution in [2.24, 2.45) is 0 Å². The molecule has 0 spiro atoms. The predicted molar refractivity (Wildman–Crippen MR) is 72.8 cm³/mol. The molecular formula is C14H29NO3. The summed E-state index contributed by atoms with van der Waals surface area (Å²) < 4.78 is 11.0. The van der Waals surface area contributed by atoms with Gasteiger partial charge in [-0.3, -0.25) is 4.90 Å². The molecule has 1 heterocycles. The number of rotatable bonds is 6.